The molecule has 0 amide bonds. The monoisotopic (exact) mass is 225 g/mol. The number of nitrogens with zero attached hydrogens (tertiary/aromatic N) is 3. The lowest BCUT2D eigenvalue weighted by atomic mass is 9.99. The molecule has 2 heterocycles. The van der Waals surface area contributed by atoms with Crippen molar-refractivity contribution in [2.24, 2.45) is 11.7 Å². The summed E-state index contributed by atoms with van der Waals surface area (Å²) >= 11 is 0. The maximum Gasteiger partial charge on any atom is 0.337 e. The molecule has 2 rings (SSSR count). The molecule has 1 fully saturated rings. The molecule has 0 spiro atoms. The summed E-state index contributed by atoms with van der Waals surface area (Å²) in [5, 5.41) is 6.90. The lowest BCUT2D eigenvalue weighted by molar-refractivity contribution is 0.314. The van der Waals surface area contributed by atoms with E-state index in [1.165, 1.54) is 6.42 Å². The van der Waals surface area contributed by atoms with Gasteiger partial charge in [-0.05, 0) is 32.2 Å². The fourth-order valence-corrected chi connectivity index (χ4v) is 2.02. The third-order valence-corrected chi connectivity index (χ3v) is 2.88. The van der Waals surface area contributed by atoms with E-state index in [4.69, 9.17) is 10.5 Å². The number of nitrogens with two attached hydrogens (primary N) is 1. The average molecular weight is 225 g/mol. The smallest absolute Gasteiger partial charge is 0.337 e. The molecule has 0 aliphatic carbocycles. The van der Waals surface area contributed by atoms with Gasteiger partial charge in [-0.1, -0.05) is 0 Å². The van der Waals surface area contributed by atoms with Gasteiger partial charge in [0.25, 0.3) is 0 Å². The molecule has 0 radical (unpaired) electrons. The van der Waals surface area contributed by atoms with E-state index in [1.54, 1.807) is 0 Å². The number of hydrogen-bond donors (Lipinski definition) is 2. The molecule has 1 aliphatic heterocycles. The minimum atomic E-state index is 0.423. The minimum Gasteiger partial charge on any atom is -0.463 e. The molecule has 16 heavy (non-hydrogen) atoms. The van der Waals surface area contributed by atoms with Gasteiger partial charge in [-0.15, -0.1) is 5.10 Å². The topological polar surface area (TPSA) is 80.1 Å². The van der Waals surface area contributed by atoms with Crippen molar-refractivity contribution in [3.63, 3.8) is 0 Å². The van der Waals surface area contributed by atoms with Gasteiger partial charge in [0.2, 0.25) is 5.95 Å². The molecule has 0 aromatic carbocycles. The van der Waals surface area contributed by atoms with Crippen molar-refractivity contribution >= 4 is 5.95 Å². The van der Waals surface area contributed by atoms with Crippen LogP contribution in [0, 0.1) is 5.92 Å². The van der Waals surface area contributed by atoms with Crippen molar-refractivity contribution in [3.8, 4) is 6.01 Å². The molecule has 90 valence electrons. The molecule has 1 atom stereocenters. The molecule has 6 heteroatoms. The first-order valence-corrected chi connectivity index (χ1v) is 5.83. The summed E-state index contributed by atoms with van der Waals surface area (Å²) < 4.78 is 5.23. The van der Waals surface area contributed by atoms with Crippen molar-refractivity contribution in [2.75, 3.05) is 31.1 Å². The molecule has 1 saturated heterocycles. The summed E-state index contributed by atoms with van der Waals surface area (Å²) in [5.41, 5.74) is 5.70. The van der Waals surface area contributed by atoms with Crippen molar-refractivity contribution in [1.82, 2.24) is 15.2 Å². The lowest BCUT2D eigenvalue weighted by Gasteiger charge is -2.31. The molecule has 3 N–H and O–H groups in total. The van der Waals surface area contributed by atoms with Gasteiger partial charge < -0.3 is 15.4 Å². The zero-order valence-corrected chi connectivity index (χ0v) is 9.65. The fourth-order valence-electron chi connectivity index (χ4n) is 2.02. The Hall–Kier alpha value is -1.30. The quantitative estimate of drug-likeness (QED) is 0.774. The SMILES string of the molecule is CCOc1n[nH]c(N2CCCC(CN)C2)n1. The standard InChI is InChI=1S/C10H19N5O/c1-2-16-10-12-9(13-14-10)15-5-3-4-8(6-11)7-15/h8H,2-7,11H2,1H3,(H,12,13,14). The van der Waals surface area contributed by atoms with E-state index in [0.29, 0.717) is 18.5 Å². The van der Waals surface area contributed by atoms with Crippen molar-refractivity contribution in [1.29, 1.82) is 0 Å². The Labute approximate surface area is 95.2 Å². The number of ether oxygens (including phenoxy) is 1. The van der Waals surface area contributed by atoms with E-state index in [1.807, 2.05) is 6.92 Å². The van der Waals surface area contributed by atoms with Crippen molar-refractivity contribution in [2.45, 2.75) is 19.8 Å². The van der Waals surface area contributed by atoms with E-state index in [0.717, 1.165) is 32.0 Å². The molecule has 1 aliphatic rings. The van der Waals surface area contributed by atoms with E-state index < -0.39 is 0 Å². The summed E-state index contributed by atoms with van der Waals surface area (Å²) in [6.07, 6.45) is 2.37. The second-order valence-electron chi connectivity index (χ2n) is 4.06. The molecular formula is C10H19N5O. The van der Waals surface area contributed by atoms with Gasteiger partial charge in [0, 0.05) is 13.1 Å². The minimum absolute atomic E-state index is 0.423. The van der Waals surface area contributed by atoms with Gasteiger partial charge in [0.15, 0.2) is 0 Å². The van der Waals surface area contributed by atoms with Crippen LogP contribution in [0.25, 0.3) is 0 Å². The largest absolute Gasteiger partial charge is 0.463 e. The third-order valence-electron chi connectivity index (χ3n) is 2.88. The van der Waals surface area contributed by atoms with Crippen LogP contribution in [-0.2, 0) is 0 Å². The molecule has 1 aromatic rings. The van der Waals surface area contributed by atoms with E-state index in [9.17, 15) is 0 Å². The highest BCUT2D eigenvalue weighted by Gasteiger charge is 2.21. The third kappa shape index (κ3) is 2.44. The first-order chi connectivity index (χ1) is 7.83. The summed E-state index contributed by atoms with van der Waals surface area (Å²) in [7, 11) is 0. The highest BCUT2D eigenvalue weighted by molar-refractivity contribution is 5.30. The highest BCUT2D eigenvalue weighted by Crippen LogP contribution is 2.20. The Balaban J connectivity index is 1.99. The number of piperidine rings is 1. The summed E-state index contributed by atoms with van der Waals surface area (Å²) in [6, 6.07) is 0.423. The van der Waals surface area contributed by atoms with Crippen LogP contribution in [0.5, 0.6) is 6.01 Å². The molecule has 1 aromatic heterocycles. The van der Waals surface area contributed by atoms with Gasteiger partial charge in [-0.3, -0.25) is 0 Å². The van der Waals surface area contributed by atoms with Crippen LogP contribution in [0.1, 0.15) is 19.8 Å². The molecule has 6 nitrogen and oxygen atoms in total. The maximum atomic E-state index is 5.70. The number of aromatic amines is 1. The van der Waals surface area contributed by atoms with Crippen LogP contribution < -0.4 is 15.4 Å². The Morgan fingerprint density at radius 2 is 2.50 bits per heavy atom. The fraction of sp³-hybridized carbons (Fsp3) is 0.800. The Bertz CT molecular complexity index is 327. The van der Waals surface area contributed by atoms with E-state index in [2.05, 4.69) is 20.1 Å². The number of anilines is 1. The van der Waals surface area contributed by atoms with Gasteiger partial charge in [0.05, 0.1) is 6.61 Å². The molecule has 0 saturated carbocycles. The number of aromatic nitrogens is 3. The van der Waals surface area contributed by atoms with Crippen LogP contribution in [0.3, 0.4) is 0 Å². The average Bonchev–Trinajstić information content (AvgIpc) is 2.78. The maximum absolute atomic E-state index is 5.70. The first kappa shape index (κ1) is 11.2. The van der Waals surface area contributed by atoms with E-state index >= 15 is 0 Å². The van der Waals surface area contributed by atoms with Gasteiger partial charge in [-0.2, -0.15) is 4.98 Å². The normalized spacial score (nSPS) is 21.1. The number of hydrogen-bond acceptors (Lipinski definition) is 5. The van der Waals surface area contributed by atoms with Crippen molar-refractivity contribution in [3.05, 3.63) is 0 Å². The Morgan fingerprint density at radius 1 is 1.62 bits per heavy atom. The van der Waals surface area contributed by atoms with Gasteiger partial charge in [-0.25, -0.2) is 5.10 Å². The molecule has 0 bridgehead atoms. The van der Waals surface area contributed by atoms with Crippen LogP contribution in [0.2, 0.25) is 0 Å². The van der Waals surface area contributed by atoms with Crippen LogP contribution in [-0.4, -0.2) is 41.4 Å². The highest BCUT2D eigenvalue weighted by atomic mass is 16.5. The number of rotatable bonds is 4. The van der Waals surface area contributed by atoms with Gasteiger partial charge in [0.1, 0.15) is 0 Å². The second-order valence-corrected chi connectivity index (χ2v) is 4.06. The summed E-state index contributed by atoms with van der Waals surface area (Å²) in [6.45, 7) is 5.21. The summed E-state index contributed by atoms with van der Waals surface area (Å²) in [4.78, 5) is 6.48. The molecule has 1 unspecified atom stereocenters. The van der Waals surface area contributed by atoms with Crippen LogP contribution in [0.4, 0.5) is 5.95 Å². The number of nitrogens with one attached hydrogen (secondary N) is 1. The predicted molar refractivity (Wildman–Crippen MR) is 61.5 cm³/mol. The van der Waals surface area contributed by atoms with Gasteiger partial charge >= 0.3 is 6.01 Å². The van der Waals surface area contributed by atoms with Crippen LogP contribution in [0.15, 0.2) is 0 Å². The van der Waals surface area contributed by atoms with E-state index in [-0.39, 0.29) is 0 Å². The zero-order chi connectivity index (χ0) is 11.4. The van der Waals surface area contributed by atoms with Crippen molar-refractivity contribution < 1.29 is 4.74 Å². The Kier molecular flexibility index (Phi) is 3.61. The first-order valence-electron chi connectivity index (χ1n) is 5.83. The number of H-pyrrole nitrogens is 1. The predicted octanol–water partition coefficient (Wildman–Crippen LogP) is 0.379. The summed E-state index contributed by atoms with van der Waals surface area (Å²) in [5.74, 6) is 1.36. The molecular weight excluding hydrogens is 206 g/mol. The second kappa shape index (κ2) is 5.16. The Morgan fingerprint density at radius 3 is 3.25 bits per heavy atom. The zero-order valence-electron chi connectivity index (χ0n) is 9.65. The lowest BCUT2D eigenvalue weighted by Crippen LogP contribution is -2.38. The van der Waals surface area contributed by atoms with Crippen LogP contribution >= 0.6 is 0 Å².